The molecular weight excluding hydrogens is 176 g/mol. The van der Waals surface area contributed by atoms with Gasteiger partial charge in [0.25, 0.3) is 0 Å². The van der Waals surface area contributed by atoms with E-state index in [4.69, 9.17) is 0 Å². The van der Waals surface area contributed by atoms with Crippen molar-refractivity contribution in [2.45, 2.75) is 52.1 Å². The highest BCUT2D eigenvalue weighted by molar-refractivity contribution is 5.76. The summed E-state index contributed by atoms with van der Waals surface area (Å²) in [4.78, 5) is 13.8. The first kappa shape index (κ1) is 11.5. The van der Waals surface area contributed by atoms with Crippen LogP contribution in [0.3, 0.4) is 0 Å². The average molecular weight is 198 g/mol. The summed E-state index contributed by atoms with van der Waals surface area (Å²) < 4.78 is 0. The van der Waals surface area contributed by atoms with E-state index in [1.165, 1.54) is 0 Å². The highest BCUT2D eigenvalue weighted by atomic mass is 16.2. The summed E-state index contributed by atoms with van der Waals surface area (Å²) in [5, 5.41) is 3.33. The molecule has 1 aliphatic heterocycles. The van der Waals surface area contributed by atoms with Gasteiger partial charge in [0, 0.05) is 18.5 Å². The SMILES string of the molecule is CCC(=O)N(C(C)C)C1CCNCC1. The molecule has 1 N–H and O–H groups in total. The lowest BCUT2D eigenvalue weighted by Crippen LogP contribution is -2.49. The normalized spacial score (nSPS) is 18.6. The van der Waals surface area contributed by atoms with Gasteiger partial charge in [0.1, 0.15) is 0 Å². The standard InChI is InChI=1S/C11H22N2O/c1-4-11(14)13(9(2)3)10-5-7-12-8-6-10/h9-10,12H,4-8H2,1-3H3. The van der Waals surface area contributed by atoms with Crippen molar-refractivity contribution in [2.24, 2.45) is 0 Å². The molecule has 0 unspecified atom stereocenters. The van der Waals surface area contributed by atoms with Crippen LogP contribution in [-0.2, 0) is 4.79 Å². The fourth-order valence-corrected chi connectivity index (χ4v) is 2.18. The fourth-order valence-electron chi connectivity index (χ4n) is 2.18. The number of piperidine rings is 1. The Hall–Kier alpha value is -0.570. The molecule has 0 radical (unpaired) electrons. The molecule has 0 spiro atoms. The maximum absolute atomic E-state index is 11.8. The van der Waals surface area contributed by atoms with Gasteiger partial charge in [0.05, 0.1) is 0 Å². The number of hydrogen-bond donors (Lipinski definition) is 1. The van der Waals surface area contributed by atoms with E-state index < -0.39 is 0 Å². The van der Waals surface area contributed by atoms with Crippen molar-refractivity contribution in [2.75, 3.05) is 13.1 Å². The molecule has 1 fully saturated rings. The largest absolute Gasteiger partial charge is 0.337 e. The van der Waals surface area contributed by atoms with Gasteiger partial charge >= 0.3 is 0 Å². The van der Waals surface area contributed by atoms with Crippen LogP contribution in [0, 0.1) is 0 Å². The van der Waals surface area contributed by atoms with E-state index in [2.05, 4.69) is 24.1 Å². The average Bonchev–Trinajstić information content (AvgIpc) is 2.19. The molecular formula is C11H22N2O. The second-order valence-corrected chi connectivity index (χ2v) is 4.23. The predicted molar refractivity (Wildman–Crippen MR) is 58.2 cm³/mol. The lowest BCUT2D eigenvalue weighted by atomic mass is 10.0. The maximum Gasteiger partial charge on any atom is 0.222 e. The highest BCUT2D eigenvalue weighted by Crippen LogP contribution is 2.16. The van der Waals surface area contributed by atoms with Crippen LogP contribution < -0.4 is 5.32 Å². The van der Waals surface area contributed by atoms with E-state index in [-0.39, 0.29) is 0 Å². The van der Waals surface area contributed by atoms with Crippen molar-refractivity contribution >= 4 is 5.91 Å². The van der Waals surface area contributed by atoms with Crippen LogP contribution >= 0.6 is 0 Å². The molecule has 14 heavy (non-hydrogen) atoms. The van der Waals surface area contributed by atoms with Crippen LogP contribution in [0.15, 0.2) is 0 Å². The molecule has 0 saturated carbocycles. The van der Waals surface area contributed by atoms with Crippen molar-refractivity contribution < 1.29 is 4.79 Å². The summed E-state index contributed by atoms with van der Waals surface area (Å²) in [5.74, 6) is 0.298. The van der Waals surface area contributed by atoms with Gasteiger partial charge in [-0.05, 0) is 39.8 Å². The molecule has 1 aliphatic rings. The van der Waals surface area contributed by atoms with Crippen LogP contribution in [0.2, 0.25) is 0 Å². The third-order valence-electron chi connectivity index (χ3n) is 2.85. The summed E-state index contributed by atoms with van der Waals surface area (Å²) in [7, 11) is 0. The molecule has 1 saturated heterocycles. The molecule has 0 aliphatic carbocycles. The summed E-state index contributed by atoms with van der Waals surface area (Å²) in [6.45, 7) is 8.25. The van der Waals surface area contributed by atoms with Crippen LogP contribution in [0.1, 0.15) is 40.0 Å². The number of amides is 1. The van der Waals surface area contributed by atoms with E-state index >= 15 is 0 Å². The van der Waals surface area contributed by atoms with Gasteiger partial charge in [-0.15, -0.1) is 0 Å². The second-order valence-electron chi connectivity index (χ2n) is 4.23. The van der Waals surface area contributed by atoms with Crippen LogP contribution in [0.4, 0.5) is 0 Å². The van der Waals surface area contributed by atoms with E-state index in [1.54, 1.807) is 0 Å². The molecule has 0 bridgehead atoms. The molecule has 1 heterocycles. The van der Waals surface area contributed by atoms with E-state index in [1.807, 2.05) is 6.92 Å². The summed E-state index contributed by atoms with van der Waals surface area (Å²) in [6.07, 6.45) is 2.83. The molecule has 82 valence electrons. The molecule has 0 aromatic heterocycles. The lowest BCUT2D eigenvalue weighted by Gasteiger charge is -2.37. The summed E-state index contributed by atoms with van der Waals surface area (Å²) in [6, 6.07) is 0.800. The molecule has 0 atom stereocenters. The van der Waals surface area contributed by atoms with Crippen molar-refractivity contribution in [3.8, 4) is 0 Å². The number of nitrogens with one attached hydrogen (secondary N) is 1. The van der Waals surface area contributed by atoms with Gasteiger partial charge in [-0.3, -0.25) is 4.79 Å². The van der Waals surface area contributed by atoms with Crippen LogP contribution in [-0.4, -0.2) is 36.0 Å². The van der Waals surface area contributed by atoms with Gasteiger partial charge in [-0.2, -0.15) is 0 Å². The number of carbonyl (C=O) groups is 1. The topological polar surface area (TPSA) is 32.3 Å². The Morgan fingerprint density at radius 1 is 1.43 bits per heavy atom. The van der Waals surface area contributed by atoms with Gasteiger partial charge < -0.3 is 10.2 Å². The lowest BCUT2D eigenvalue weighted by molar-refractivity contribution is -0.135. The fraction of sp³-hybridized carbons (Fsp3) is 0.909. The quantitative estimate of drug-likeness (QED) is 0.743. The zero-order chi connectivity index (χ0) is 10.6. The van der Waals surface area contributed by atoms with Gasteiger partial charge in [0.15, 0.2) is 0 Å². The summed E-state index contributed by atoms with van der Waals surface area (Å²) in [5.41, 5.74) is 0. The molecule has 3 heteroatoms. The summed E-state index contributed by atoms with van der Waals surface area (Å²) >= 11 is 0. The van der Waals surface area contributed by atoms with E-state index in [9.17, 15) is 4.79 Å². The first-order chi connectivity index (χ1) is 6.66. The van der Waals surface area contributed by atoms with Crippen molar-refractivity contribution in [3.05, 3.63) is 0 Å². The van der Waals surface area contributed by atoms with Crippen LogP contribution in [0.25, 0.3) is 0 Å². The first-order valence-corrected chi connectivity index (χ1v) is 5.68. The van der Waals surface area contributed by atoms with Gasteiger partial charge in [-0.25, -0.2) is 0 Å². The van der Waals surface area contributed by atoms with E-state index in [0.29, 0.717) is 24.4 Å². The van der Waals surface area contributed by atoms with E-state index in [0.717, 1.165) is 25.9 Å². The minimum Gasteiger partial charge on any atom is -0.337 e. The smallest absolute Gasteiger partial charge is 0.222 e. The van der Waals surface area contributed by atoms with Gasteiger partial charge in [0.2, 0.25) is 5.91 Å². The maximum atomic E-state index is 11.8. The number of nitrogens with zero attached hydrogens (tertiary/aromatic N) is 1. The first-order valence-electron chi connectivity index (χ1n) is 5.68. The Bertz CT molecular complexity index is 186. The number of carbonyl (C=O) groups excluding carboxylic acids is 1. The highest BCUT2D eigenvalue weighted by Gasteiger charge is 2.25. The zero-order valence-electron chi connectivity index (χ0n) is 9.55. The minimum absolute atomic E-state index is 0.298. The van der Waals surface area contributed by atoms with Crippen molar-refractivity contribution in [1.29, 1.82) is 0 Å². The molecule has 1 rings (SSSR count). The molecule has 0 aromatic rings. The van der Waals surface area contributed by atoms with Crippen molar-refractivity contribution in [3.63, 3.8) is 0 Å². The Balaban J connectivity index is 2.60. The Morgan fingerprint density at radius 2 is 2.00 bits per heavy atom. The Kier molecular flexibility index (Phi) is 4.39. The Morgan fingerprint density at radius 3 is 2.43 bits per heavy atom. The zero-order valence-corrected chi connectivity index (χ0v) is 9.55. The number of hydrogen-bond acceptors (Lipinski definition) is 2. The van der Waals surface area contributed by atoms with Gasteiger partial charge in [-0.1, -0.05) is 6.92 Å². The van der Waals surface area contributed by atoms with Crippen LogP contribution in [0.5, 0.6) is 0 Å². The van der Waals surface area contributed by atoms with Crippen molar-refractivity contribution in [1.82, 2.24) is 10.2 Å². The monoisotopic (exact) mass is 198 g/mol. The predicted octanol–water partition coefficient (Wildman–Crippen LogP) is 1.39. The minimum atomic E-state index is 0.298. The molecule has 3 nitrogen and oxygen atoms in total. The third kappa shape index (κ3) is 2.71. The molecule has 1 amide bonds. The third-order valence-corrected chi connectivity index (χ3v) is 2.85. The number of rotatable bonds is 3. The molecule has 0 aromatic carbocycles. The Labute approximate surface area is 86.9 Å². The second kappa shape index (κ2) is 5.35.